The van der Waals surface area contributed by atoms with Gasteiger partial charge in [-0.15, -0.1) is 0 Å². The van der Waals surface area contributed by atoms with Gasteiger partial charge >= 0.3 is 23.9 Å². The van der Waals surface area contributed by atoms with E-state index in [1.165, 1.54) is 21.0 Å². The zero-order valence-electron chi connectivity index (χ0n) is 18.8. The van der Waals surface area contributed by atoms with E-state index in [4.69, 9.17) is 18.9 Å². The molecular weight excluding hydrogens is 416 g/mol. The number of ether oxygens (including phenoxy) is 4. The number of methoxy groups -OCH3 is 1. The highest BCUT2D eigenvalue weighted by Crippen LogP contribution is 2.78. The van der Waals surface area contributed by atoms with E-state index in [1.54, 1.807) is 13.0 Å². The van der Waals surface area contributed by atoms with Crippen molar-refractivity contribution >= 4 is 23.9 Å². The fourth-order valence-corrected chi connectivity index (χ4v) is 7.98. The second-order valence-electron chi connectivity index (χ2n) is 10.3. The molecule has 1 heterocycles. The van der Waals surface area contributed by atoms with Crippen LogP contribution in [0, 0.1) is 28.6 Å². The van der Waals surface area contributed by atoms with Crippen molar-refractivity contribution in [1.82, 2.24) is 0 Å². The fourth-order valence-electron chi connectivity index (χ4n) is 7.98. The third-order valence-corrected chi connectivity index (χ3v) is 8.88. The highest BCUT2D eigenvalue weighted by atomic mass is 16.6. The van der Waals surface area contributed by atoms with Crippen LogP contribution < -0.4 is 0 Å². The van der Waals surface area contributed by atoms with Gasteiger partial charge in [-0.25, -0.2) is 0 Å². The Morgan fingerprint density at radius 2 is 1.94 bits per heavy atom. The Hall–Kier alpha value is -2.64. The molecule has 0 amide bonds. The van der Waals surface area contributed by atoms with Crippen LogP contribution in [-0.2, 0) is 38.1 Å². The number of carbonyl (C=O) groups excluding carboxylic acids is 4. The van der Waals surface area contributed by atoms with Gasteiger partial charge in [0.25, 0.3) is 0 Å². The van der Waals surface area contributed by atoms with E-state index in [0.29, 0.717) is 25.7 Å². The van der Waals surface area contributed by atoms with Crippen LogP contribution in [0.25, 0.3) is 0 Å². The van der Waals surface area contributed by atoms with Gasteiger partial charge in [0.1, 0.15) is 22.7 Å². The average Bonchev–Trinajstić information content (AvgIpc) is 3.13. The van der Waals surface area contributed by atoms with Crippen molar-refractivity contribution < 1.29 is 38.1 Å². The predicted molar refractivity (Wildman–Crippen MR) is 109 cm³/mol. The molecule has 4 aliphatic carbocycles. The first-order valence-electron chi connectivity index (χ1n) is 11.0. The van der Waals surface area contributed by atoms with E-state index in [2.05, 4.69) is 6.58 Å². The standard InChI is InChI=1S/C24H28O8/c1-12-10-22-11-23(12,31-14(3)26)8-6-15(22)24-9-7-16(30-13(2)25)21(4,20(28)32-24)18(24)17(22)19(27)29-5/h7,9,15-18H,1,6,8,10-11H2,2-5H3/t15-,16+,17?,18?,21-,22+,23+,24-/m1/s1. The van der Waals surface area contributed by atoms with Gasteiger partial charge in [-0.2, -0.15) is 0 Å². The van der Waals surface area contributed by atoms with Crippen LogP contribution >= 0.6 is 0 Å². The van der Waals surface area contributed by atoms with Crippen LogP contribution in [-0.4, -0.2) is 48.3 Å². The molecule has 5 rings (SSSR count). The van der Waals surface area contributed by atoms with E-state index >= 15 is 0 Å². The molecule has 4 bridgehead atoms. The molecule has 5 aliphatic rings. The molecule has 0 N–H and O–H groups in total. The maximum absolute atomic E-state index is 13.4. The molecule has 3 saturated carbocycles. The third kappa shape index (κ3) is 2.23. The van der Waals surface area contributed by atoms with Gasteiger partial charge in [0.05, 0.1) is 13.0 Å². The Morgan fingerprint density at radius 3 is 2.56 bits per heavy atom. The molecule has 32 heavy (non-hydrogen) atoms. The monoisotopic (exact) mass is 444 g/mol. The van der Waals surface area contributed by atoms with Gasteiger partial charge in [-0.05, 0) is 55.7 Å². The van der Waals surface area contributed by atoms with Gasteiger partial charge in [0.2, 0.25) is 0 Å². The summed E-state index contributed by atoms with van der Waals surface area (Å²) in [7, 11) is 1.33. The Bertz CT molecular complexity index is 998. The molecule has 8 nitrogen and oxygen atoms in total. The molecule has 1 saturated heterocycles. The minimum Gasteiger partial charge on any atom is -0.469 e. The van der Waals surface area contributed by atoms with Crippen LogP contribution in [0.15, 0.2) is 24.3 Å². The average molecular weight is 444 g/mol. The summed E-state index contributed by atoms with van der Waals surface area (Å²) in [6.07, 6.45) is 4.77. The van der Waals surface area contributed by atoms with Crippen molar-refractivity contribution in [3.8, 4) is 0 Å². The Balaban J connectivity index is 1.70. The quantitative estimate of drug-likeness (QED) is 0.371. The number of hydrogen-bond acceptors (Lipinski definition) is 8. The van der Waals surface area contributed by atoms with Gasteiger partial charge in [0.15, 0.2) is 0 Å². The van der Waals surface area contributed by atoms with Gasteiger partial charge in [-0.3, -0.25) is 19.2 Å². The molecular formula is C24H28O8. The van der Waals surface area contributed by atoms with Crippen molar-refractivity contribution in [2.24, 2.45) is 28.6 Å². The topological polar surface area (TPSA) is 105 Å². The van der Waals surface area contributed by atoms with Gasteiger partial charge in [0, 0.05) is 25.7 Å². The number of esters is 4. The molecule has 4 fully saturated rings. The molecule has 8 heteroatoms. The smallest absolute Gasteiger partial charge is 0.317 e. The van der Waals surface area contributed by atoms with Crippen LogP contribution in [0.1, 0.15) is 46.5 Å². The summed E-state index contributed by atoms with van der Waals surface area (Å²) in [6.45, 7) is 8.62. The SMILES string of the molecule is C=C1C[C@]23C[C@@]1(OC(C)=O)CC[C@H]2[C@@]12C=C[C@H](OC(C)=O)[C@@](C)(C(=O)O1)C2C3C(=O)OC. The van der Waals surface area contributed by atoms with E-state index in [1.807, 2.05) is 6.08 Å². The van der Waals surface area contributed by atoms with Crippen molar-refractivity contribution in [3.63, 3.8) is 0 Å². The molecule has 172 valence electrons. The molecule has 1 aliphatic heterocycles. The van der Waals surface area contributed by atoms with E-state index in [0.717, 1.165) is 5.57 Å². The lowest BCUT2D eigenvalue weighted by Crippen LogP contribution is -2.52. The molecule has 0 radical (unpaired) electrons. The number of rotatable bonds is 3. The van der Waals surface area contributed by atoms with Crippen molar-refractivity contribution in [2.75, 3.05) is 7.11 Å². The Morgan fingerprint density at radius 1 is 1.22 bits per heavy atom. The van der Waals surface area contributed by atoms with Crippen LogP contribution in [0.4, 0.5) is 0 Å². The van der Waals surface area contributed by atoms with E-state index in [-0.39, 0.29) is 11.9 Å². The fraction of sp³-hybridized carbons (Fsp3) is 0.667. The summed E-state index contributed by atoms with van der Waals surface area (Å²) in [4.78, 5) is 50.4. The summed E-state index contributed by atoms with van der Waals surface area (Å²) in [5.41, 5.74) is -2.93. The highest BCUT2D eigenvalue weighted by Gasteiger charge is 2.84. The highest BCUT2D eigenvalue weighted by molar-refractivity contribution is 5.87. The normalized spacial score (nSPS) is 47.4. The molecule has 1 spiro atoms. The van der Waals surface area contributed by atoms with Crippen molar-refractivity contribution in [1.29, 1.82) is 0 Å². The Labute approximate surface area is 186 Å². The second-order valence-corrected chi connectivity index (χ2v) is 10.3. The zero-order valence-corrected chi connectivity index (χ0v) is 18.8. The maximum Gasteiger partial charge on any atom is 0.317 e. The molecule has 2 unspecified atom stereocenters. The molecule has 0 aromatic rings. The summed E-state index contributed by atoms with van der Waals surface area (Å²) < 4.78 is 22.7. The minimum atomic E-state index is -1.24. The van der Waals surface area contributed by atoms with Gasteiger partial charge < -0.3 is 18.9 Å². The predicted octanol–water partition coefficient (Wildman–Crippen LogP) is 2.26. The van der Waals surface area contributed by atoms with Crippen molar-refractivity contribution in [2.45, 2.75) is 63.8 Å². The van der Waals surface area contributed by atoms with E-state index in [9.17, 15) is 19.2 Å². The lowest BCUT2D eigenvalue weighted by molar-refractivity contribution is -0.170. The van der Waals surface area contributed by atoms with Crippen LogP contribution in [0.3, 0.4) is 0 Å². The summed E-state index contributed by atoms with van der Waals surface area (Å²) >= 11 is 0. The summed E-state index contributed by atoms with van der Waals surface area (Å²) in [6, 6.07) is 0. The first kappa shape index (κ1) is 21.2. The molecule has 8 atom stereocenters. The van der Waals surface area contributed by atoms with Crippen LogP contribution in [0.5, 0.6) is 0 Å². The maximum atomic E-state index is 13.4. The lowest BCUT2D eigenvalue weighted by atomic mass is 9.61. The minimum absolute atomic E-state index is 0.174. The first-order valence-corrected chi connectivity index (χ1v) is 11.0. The number of carbonyl (C=O) groups is 4. The third-order valence-electron chi connectivity index (χ3n) is 8.88. The summed E-state index contributed by atoms with van der Waals surface area (Å²) in [5.74, 6) is -3.26. The molecule has 0 aromatic heterocycles. The first-order chi connectivity index (χ1) is 15.0. The largest absolute Gasteiger partial charge is 0.469 e. The Kier molecular flexibility index (Phi) is 4.13. The zero-order chi connectivity index (χ0) is 23.3. The number of hydrogen-bond donors (Lipinski definition) is 0. The second kappa shape index (κ2) is 6.23. The molecule has 0 aromatic carbocycles. The summed E-state index contributed by atoms with van der Waals surface area (Å²) in [5, 5.41) is 0. The van der Waals surface area contributed by atoms with Crippen molar-refractivity contribution in [3.05, 3.63) is 24.3 Å². The number of fused-ring (bicyclic) bond motifs is 1. The van der Waals surface area contributed by atoms with Crippen LogP contribution in [0.2, 0.25) is 0 Å². The lowest BCUT2D eigenvalue weighted by Gasteiger charge is -2.45. The van der Waals surface area contributed by atoms with E-state index < -0.39 is 57.9 Å². The van der Waals surface area contributed by atoms with Gasteiger partial charge in [-0.1, -0.05) is 6.58 Å².